The highest BCUT2D eigenvalue weighted by Crippen LogP contribution is 2.40. The number of esters is 1. The summed E-state index contributed by atoms with van der Waals surface area (Å²) in [5.41, 5.74) is 1.14. The molecule has 0 heterocycles. The van der Waals surface area contributed by atoms with Crippen LogP contribution >= 0.6 is 0 Å². The number of benzene rings is 3. The summed E-state index contributed by atoms with van der Waals surface area (Å²) in [6.45, 7) is 2.44. The molecular formula is C29H32O7. The average Bonchev–Trinajstić information content (AvgIpc) is 2.89. The predicted octanol–water partition coefficient (Wildman–Crippen LogP) is 5.76. The molecule has 7 nitrogen and oxygen atoms in total. The maximum absolute atomic E-state index is 13.1. The van der Waals surface area contributed by atoms with Gasteiger partial charge in [-0.15, -0.1) is 0 Å². The lowest BCUT2D eigenvalue weighted by atomic mass is 9.74. The Labute approximate surface area is 210 Å². The van der Waals surface area contributed by atoms with Gasteiger partial charge in [0, 0.05) is 12.7 Å². The fraction of sp³-hybridized carbons (Fsp3) is 0.379. The van der Waals surface area contributed by atoms with Gasteiger partial charge in [-0.3, -0.25) is 4.79 Å². The number of rotatable bonds is 9. The first-order chi connectivity index (χ1) is 17.3. The summed E-state index contributed by atoms with van der Waals surface area (Å²) >= 11 is 0. The summed E-state index contributed by atoms with van der Waals surface area (Å²) in [6, 6.07) is 17.2. The van der Waals surface area contributed by atoms with Crippen molar-refractivity contribution in [1.29, 1.82) is 0 Å². The normalized spacial score (nSPS) is 19.6. The van der Waals surface area contributed by atoms with Crippen LogP contribution in [0.3, 0.4) is 0 Å². The van der Waals surface area contributed by atoms with Gasteiger partial charge < -0.3 is 24.1 Å². The number of carboxylic acid groups (broad SMARTS) is 1. The Kier molecular flexibility index (Phi) is 7.79. The molecule has 1 fully saturated rings. The molecule has 1 aliphatic rings. The Morgan fingerprint density at radius 1 is 0.944 bits per heavy atom. The third-order valence-corrected chi connectivity index (χ3v) is 6.97. The van der Waals surface area contributed by atoms with Crippen molar-refractivity contribution in [3.8, 4) is 11.5 Å². The van der Waals surface area contributed by atoms with Crippen molar-refractivity contribution < 1.29 is 33.6 Å². The lowest BCUT2D eigenvalue weighted by molar-refractivity contribution is -0.159. The van der Waals surface area contributed by atoms with Gasteiger partial charge in [0.25, 0.3) is 0 Å². The van der Waals surface area contributed by atoms with E-state index in [1.54, 1.807) is 13.2 Å². The van der Waals surface area contributed by atoms with E-state index in [2.05, 4.69) is 0 Å². The highest BCUT2D eigenvalue weighted by molar-refractivity contribution is 5.91. The second-order valence-corrected chi connectivity index (χ2v) is 9.49. The predicted molar refractivity (Wildman–Crippen MR) is 135 cm³/mol. The van der Waals surface area contributed by atoms with Crippen LogP contribution in [0.4, 0.5) is 0 Å². The van der Waals surface area contributed by atoms with E-state index in [0.29, 0.717) is 37.0 Å². The summed E-state index contributed by atoms with van der Waals surface area (Å²) in [5.74, 6) is -0.577. The van der Waals surface area contributed by atoms with E-state index >= 15 is 0 Å². The zero-order chi connectivity index (χ0) is 25.7. The van der Waals surface area contributed by atoms with Gasteiger partial charge in [-0.1, -0.05) is 42.5 Å². The maximum atomic E-state index is 13.1. The van der Waals surface area contributed by atoms with E-state index in [-0.39, 0.29) is 36.6 Å². The number of methoxy groups -OCH3 is 2. The molecule has 36 heavy (non-hydrogen) atoms. The van der Waals surface area contributed by atoms with E-state index in [0.717, 1.165) is 16.3 Å². The van der Waals surface area contributed by atoms with Crippen LogP contribution in [-0.2, 0) is 27.5 Å². The summed E-state index contributed by atoms with van der Waals surface area (Å²) in [6.07, 6.45) is 2.40. The van der Waals surface area contributed by atoms with Gasteiger partial charge in [0.05, 0.1) is 25.2 Å². The lowest BCUT2D eigenvalue weighted by Gasteiger charge is -2.35. The molecule has 1 aliphatic carbocycles. The van der Waals surface area contributed by atoms with E-state index in [1.165, 1.54) is 13.2 Å². The van der Waals surface area contributed by atoms with E-state index in [1.807, 2.05) is 49.4 Å². The molecule has 0 saturated heterocycles. The van der Waals surface area contributed by atoms with Crippen molar-refractivity contribution in [1.82, 2.24) is 0 Å². The molecule has 0 unspecified atom stereocenters. The number of carboxylic acids is 1. The molecule has 4 rings (SSSR count). The molecule has 0 aliphatic heterocycles. The van der Waals surface area contributed by atoms with Crippen LogP contribution in [0.5, 0.6) is 11.5 Å². The summed E-state index contributed by atoms with van der Waals surface area (Å²) in [5, 5.41) is 11.8. The highest BCUT2D eigenvalue weighted by atomic mass is 16.5. The van der Waals surface area contributed by atoms with Crippen molar-refractivity contribution in [3.63, 3.8) is 0 Å². The zero-order valence-electron chi connectivity index (χ0n) is 20.9. The summed E-state index contributed by atoms with van der Waals surface area (Å²) in [4.78, 5) is 24.7. The zero-order valence-corrected chi connectivity index (χ0v) is 20.9. The standard InChI is InChI=1S/C29H32O7/c1-29(28(32)35-18-20-9-6-8-19-7-4-5-10-23(19)20)13-11-22(12-14-29)36-25-16-24(27(30)31)26(34-3)15-21(25)17-33-2/h4-10,15-16,22H,11-14,17-18H2,1-3H3,(H,30,31). The molecule has 0 aromatic heterocycles. The molecule has 0 radical (unpaired) electrons. The third kappa shape index (κ3) is 5.46. The van der Waals surface area contributed by atoms with Crippen molar-refractivity contribution >= 4 is 22.7 Å². The Morgan fingerprint density at radius 3 is 2.36 bits per heavy atom. The molecule has 190 valence electrons. The van der Waals surface area contributed by atoms with Gasteiger partial charge in [-0.25, -0.2) is 4.79 Å². The molecular weight excluding hydrogens is 460 g/mol. The summed E-state index contributed by atoms with van der Waals surface area (Å²) < 4.78 is 22.5. The van der Waals surface area contributed by atoms with Crippen LogP contribution in [0.15, 0.2) is 54.6 Å². The second kappa shape index (κ2) is 11.0. The summed E-state index contributed by atoms with van der Waals surface area (Å²) in [7, 11) is 3.00. The van der Waals surface area contributed by atoms with Crippen molar-refractivity contribution in [2.45, 2.75) is 51.9 Å². The highest BCUT2D eigenvalue weighted by Gasteiger charge is 2.40. The average molecular weight is 493 g/mol. The van der Waals surface area contributed by atoms with Crippen LogP contribution in [0.1, 0.15) is 54.1 Å². The molecule has 1 N–H and O–H groups in total. The Morgan fingerprint density at radius 2 is 1.67 bits per heavy atom. The molecule has 0 amide bonds. The fourth-order valence-electron chi connectivity index (χ4n) is 4.78. The first kappa shape index (κ1) is 25.5. The van der Waals surface area contributed by atoms with Crippen LogP contribution in [0.2, 0.25) is 0 Å². The lowest BCUT2D eigenvalue weighted by Crippen LogP contribution is -2.37. The van der Waals surface area contributed by atoms with Gasteiger partial charge in [0.2, 0.25) is 0 Å². The van der Waals surface area contributed by atoms with Crippen molar-refractivity contribution in [2.24, 2.45) is 5.41 Å². The number of hydrogen-bond donors (Lipinski definition) is 1. The number of fused-ring (bicyclic) bond motifs is 1. The minimum Gasteiger partial charge on any atom is -0.496 e. The van der Waals surface area contributed by atoms with Crippen LogP contribution in [-0.4, -0.2) is 37.4 Å². The first-order valence-corrected chi connectivity index (χ1v) is 12.1. The van der Waals surface area contributed by atoms with Crippen LogP contribution in [0.25, 0.3) is 10.8 Å². The van der Waals surface area contributed by atoms with Crippen molar-refractivity contribution in [2.75, 3.05) is 14.2 Å². The Balaban J connectivity index is 1.40. The smallest absolute Gasteiger partial charge is 0.339 e. The SMILES string of the molecule is COCc1cc(OC)c(C(=O)O)cc1OC1CCC(C)(C(=O)OCc2cccc3ccccc23)CC1. The molecule has 1 saturated carbocycles. The topological polar surface area (TPSA) is 91.3 Å². The fourth-order valence-corrected chi connectivity index (χ4v) is 4.78. The molecule has 0 spiro atoms. The van der Waals surface area contributed by atoms with E-state index < -0.39 is 11.4 Å². The van der Waals surface area contributed by atoms with E-state index in [4.69, 9.17) is 18.9 Å². The van der Waals surface area contributed by atoms with Gasteiger partial charge in [-0.2, -0.15) is 0 Å². The monoisotopic (exact) mass is 492 g/mol. The Bertz CT molecular complexity index is 1240. The van der Waals surface area contributed by atoms with Gasteiger partial charge >= 0.3 is 11.9 Å². The Hall–Kier alpha value is -3.58. The van der Waals surface area contributed by atoms with Gasteiger partial charge in [0.1, 0.15) is 23.7 Å². The largest absolute Gasteiger partial charge is 0.496 e. The quantitative estimate of drug-likeness (QED) is 0.380. The second-order valence-electron chi connectivity index (χ2n) is 9.49. The number of aromatic carboxylic acids is 1. The minimum atomic E-state index is -1.09. The molecule has 3 aromatic carbocycles. The number of hydrogen-bond acceptors (Lipinski definition) is 6. The molecule has 0 atom stereocenters. The van der Waals surface area contributed by atoms with Crippen LogP contribution < -0.4 is 9.47 Å². The number of carbonyl (C=O) groups excluding carboxylic acids is 1. The van der Waals surface area contributed by atoms with E-state index in [9.17, 15) is 14.7 Å². The van der Waals surface area contributed by atoms with Gasteiger partial charge in [0.15, 0.2) is 0 Å². The molecule has 0 bridgehead atoms. The molecule has 3 aromatic rings. The maximum Gasteiger partial charge on any atom is 0.339 e. The van der Waals surface area contributed by atoms with Crippen LogP contribution in [0, 0.1) is 5.41 Å². The minimum absolute atomic E-state index is 0.0324. The van der Waals surface area contributed by atoms with Gasteiger partial charge in [-0.05, 0) is 61.1 Å². The van der Waals surface area contributed by atoms with Crippen molar-refractivity contribution in [3.05, 3.63) is 71.3 Å². The third-order valence-electron chi connectivity index (χ3n) is 6.97. The first-order valence-electron chi connectivity index (χ1n) is 12.1. The number of ether oxygens (including phenoxy) is 4. The number of carbonyl (C=O) groups is 2. The molecule has 7 heteroatoms.